The number of anilines is 3. The van der Waals surface area contributed by atoms with Gasteiger partial charge in [0.2, 0.25) is 11.8 Å². The molecule has 3 N–H and O–H groups in total. The summed E-state index contributed by atoms with van der Waals surface area (Å²) in [6.45, 7) is 1.52. The van der Waals surface area contributed by atoms with Gasteiger partial charge in [-0.25, -0.2) is 4.90 Å². The summed E-state index contributed by atoms with van der Waals surface area (Å²) in [5, 5.41) is 7.14. The fourth-order valence-corrected chi connectivity index (χ4v) is 5.38. The molecule has 4 aromatic rings. The van der Waals surface area contributed by atoms with Crippen molar-refractivity contribution >= 4 is 74.7 Å². The molecule has 2 amide bonds. The van der Waals surface area contributed by atoms with Crippen LogP contribution in [0, 0.1) is 0 Å². The lowest BCUT2D eigenvalue weighted by atomic mass is 10.1. The Morgan fingerprint density at radius 1 is 1.00 bits per heavy atom. The molecule has 7 nitrogen and oxygen atoms in total. The zero-order chi connectivity index (χ0) is 25.2. The van der Waals surface area contributed by atoms with E-state index in [4.69, 9.17) is 12.2 Å². The van der Waals surface area contributed by atoms with Crippen LogP contribution in [-0.4, -0.2) is 32.9 Å². The van der Waals surface area contributed by atoms with E-state index in [1.165, 1.54) is 23.6 Å². The number of ketones is 1. The molecule has 0 bridgehead atoms. The van der Waals surface area contributed by atoms with Gasteiger partial charge in [-0.3, -0.25) is 14.4 Å². The third-order valence-corrected chi connectivity index (χ3v) is 7.20. The molecule has 1 aliphatic rings. The summed E-state index contributed by atoms with van der Waals surface area (Å²) in [5.41, 5.74) is 3.60. The number of imide groups is 1. The van der Waals surface area contributed by atoms with Crippen molar-refractivity contribution in [2.45, 2.75) is 23.5 Å². The van der Waals surface area contributed by atoms with Gasteiger partial charge in [0.1, 0.15) is 0 Å². The lowest BCUT2D eigenvalue weighted by molar-refractivity contribution is -0.121. The van der Waals surface area contributed by atoms with E-state index in [-0.39, 0.29) is 24.0 Å². The lowest BCUT2D eigenvalue weighted by Gasteiger charge is -2.15. The molecular formula is C27H22N4O3S2. The van der Waals surface area contributed by atoms with E-state index in [1.54, 1.807) is 30.3 Å². The van der Waals surface area contributed by atoms with E-state index in [9.17, 15) is 14.4 Å². The van der Waals surface area contributed by atoms with E-state index >= 15 is 0 Å². The number of thioether (sulfide) groups is 1. The van der Waals surface area contributed by atoms with Crippen LogP contribution in [-0.2, 0) is 9.59 Å². The highest BCUT2D eigenvalue weighted by Crippen LogP contribution is 2.35. The number of nitrogens with one attached hydrogen (secondary N) is 3. The van der Waals surface area contributed by atoms with Crippen molar-refractivity contribution in [3.05, 3.63) is 84.6 Å². The van der Waals surface area contributed by atoms with E-state index < -0.39 is 5.25 Å². The fourth-order valence-electron chi connectivity index (χ4n) is 4.04. The van der Waals surface area contributed by atoms with Crippen molar-refractivity contribution in [3.8, 4) is 0 Å². The average molecular weight is 515 g/mol. The number of hydrogen-bond donors (Lipinski definition) is 3. The van der Waals surface area contributed by atoms with Crippen molar-refractivity contribution < 1.29 is 14.4 Å². The summed E-state index contributed by atoms with van der Waals surface area (Å²) in [5.74, 6) is -0.428. The van der Waals surface area contributed by atoms with Crippen molar-refractivity contribution in [2.24, 2.45) is 0 Å². The van der Waals surface area contributed by atoms with E-state index in [1.807, 2.05) is 48.7 Å². The number of thiocarbonyl (C=S) groups is 1. The van der Waals surface area contributed by atoms with Gasteiger partial charge in [-0.05, 0) is 85.2 Å². The van der Waals surface area contributed by atoms with Gasteiger partial charge in [0, 0.05) is 40.0 Å². The standard InChI is InChI=1S/C27H22N4O3S2/c1-16(32)17-5-8-19(9-6-17)29-27(35)30-20-3-2-4-22(13-20)36-24-15-25(33)31(26(24)34)21-10-7-18-11-12-28-23(18)14-21/h2-14,24,28H,15H2,1H3,(H2,29,30,35). The van der Waals surface area contributed by atoms with Gasteiger partial charge in [-0.2, -0.15) is 0 Å². The molecule has 180 valence electrons. The highest BCUT2D eigenvalue weighted by molar-refractivity contribution is 8.00. The first kappa shape index (κ1) is 23.8. The van der Waals surface area contributed by atoms with Gasteiger partial charge in [0.05, 0.1) is 10.9 Å². The van der Waals surface area contributed by atoms with Crippen molar-refractivity contribution in [2.75, 3.05) is 15.5 Å². The van der Waals surface area contributed by atoms with Gasteiger partial charge in [0.25, 0.3) is 0 Å². The zero-order valence-corrected chi connectivity index (χ0v) is 20.9. The third-order valence-electron chi connectivity index (χ3n) is 5.82. The van der Waals surface area contributed by atoms with E-state index in [0.717, 1.165) is 27.2 Å². The highest BCUT2D eigenvalue weighted by atomic mass is 32.2. The molecular weight excluding hydrogens is 492 g/mol. The summed E-state index contributed by atoms with van der Waals surface area (Å²) in [7, 11) is 0. The average Bonchev–Trinajstić information content (AvgIpc) is 3.42. The second kappa shape index (κ2) is 9.96. The zero-order valence-electron chi connectivity index (χ0n) is 19.3. The first-order chi connectivity index (χ1) is 17.4. The van der Waals surface area contributed by atoms with E-state index in [2.05, 4.69) is 15.6 Å². The van der Waals surface area contributed by atoms with Gasteiger partial charge in [0.15, 0.2) is 10.9 Å². The summed E-state index contributed by atoms with van der Waals surface area (Å²) in [4.78, 5) is 42.5. The maximum Gasteiger partial charge on any atom is 0.247 e. The van der Waals surface area contributed by atoms with Crippen LogP contribution >= 0.6 is 24.0 Å². The largest absolute Gasteiger partial charge is 0.361 e. The maximum atomic E-state index is 13.1. The fraction of sp³-hybridized carbons (Fsp3) is 0.111. The number of benzene rings is 3. The minimum atomic E-state index is -0.503. The molecule has 1 unspecified atom stereocenters. The molecule has 2 heterocycles. The Hall–Kier alpha value is -3.95. The molecule has 5 rings (SSSR count). The monoisotopic (exact) mass is 514 g/mol. The highest BCUT2D eigenvalue weighted by Gasteiger charge is 2.40. The normalized spacial score (nSPS) is 15.4. The SMILES string of the molecule is CC(=O)c1ccc(NC(=S)Nc2cccc(SC3CC(=O)N(c4ccc5cc[nH]c5c4)C3=O)c2)cc1. The molecule has 1 aromatic heterocycles. The molecule has 3 aromatic carbocycles. The predicted octanol–water partition coefficient (Wildman–Crippen LogP) is 5.60. The van der Waals surface area contributed by atoms with Gasteiger partial charge < -0.3 is 15.6 Å². The Bertz CT molecular complexity index is 1500. The summed E-state index contributed by atoms with van der Waals surface area (Å²) in [6, 6.07) is 22.1. The smallest absolute Gasteiger partial charge is 0.247 e. The molecule has 36 heavy (non-hydrogen) atoms. The Morgan fingerprint density at radius 2 is 1.78 bits per heavy atom. The molecule has 1 fully saturated rings. The molecule has 0 spiro atoms. The number of rotatable bonds is 6. The van der Waals surface area contributed by atoms with Crippen LogP contribution in [0.2, 0.25) is 0 Å². The Kier molecular flexibility index (Phi) is 6.58. The molecule has 0 radical (unpaired) electrons. The number of carbonyl (C=O) groups excluding carboxylic acids is 3. The van der Waals surface area contributed by atoms with Gasteiger partial charge in [-0.15, -0.1) is 11.8 Å². The number of hydrogen-bond acceptors (Lipinski definition) is 5. The number of amides is 2. The minimum Gasteiger partial charge on any atom is -0.361 e. The molecule has 0 aliphatic carbocycles. The van der Waals surface area contributed by atoms with Crippen molar-refractivity contribution in [3.63, 3.8) is 0 Å². The van der Waals surface area contributed by atoms with Crippen LogP contribution in [0.25, 0.3) is 10.9 Å². The number of fused-ring (bicyclic) bond motifs is 1. The minimum absolute atomic E-state index is 0.00344. The van der Waals surface area contributed by atoms with E-state index in [0.29, 0.717) is 16.4 Å². The Morgan fingerprint density at radius 3 is 2.56 bits per heavy atom. The molecule has 9 heteroatoms. The number of aromatic nitrogens is 1. The molecule has 0 saturated carbocycles. The summed E-state index contributed by atoms with van der Waals surface area (Å²) >= 11 is 6.78. The van der Waals surface area contributed by atoms with Crippen LogP contribution < -0.4 is 15.5 Å². The number of carbonyl (C=O) groups is 3. The quantitative estimate of drug-likeness (QED) is 0.175. The first-order valence-corrected chi connectivity index (χ1v) is 12.6. The third kappa shape index (κ3) is 5.02. The van der Waals surface area contributed by atoms with Crippen molar-refractivity contribution in [1.29, 1.82) is 0 Å². The maximum absolute atomic E-state index is 13.1. The van der Waals surface area contributed by atoms with Gasteiger partial charge >= 0.3 is 0 Å². The van der Waals surface area contributed by atoms with Crippen LogP contribution in [0.1, 0.15) is 23.7 Å². The number of aromatic amines is 1. The summed E-state index contributed by atoms with van der Waals surface area (Å²) < 4.78 is 0. The predicted molar refractivity (Wildman–Crippen MR) is 148 cm³/mol. The van der Waals surface area contributed by atoms with Gasteiger partial charge in [-0.1, -0.05) is 12.1 Å². The number of nitrogens with zero attached hydrogens (tertiary/aromatic N) is 1. The van der Waals surface area contributed by atoms with Crippen LogP contribution in [0.15, 0.2) is 83.9 Å². The lowest BCUT2D eigenvalue weighted by Crippen LogP contribution is -2.31. The second-order valence-corrected chi connectivity index (χ2v) is 10.1. The number of Topliss-reactive ketones (excluding diaryl/α,β-unsaturated/α-hetero) is 1. The molecule has 1 atom stereocenters. The Balaban J connectivity index is 1.23. The van der Waals surface area contributed by atoms with Crippen LogP contribution in [0.4, 0.5) is 17.1 Å². The Labute approximate surface area is 217 Å². The topological polar surface area (TPSA) is 94.3 Å². The second-order valence-electron chi connectivity index (χ2n) is 8.37. The number of H-pyrrole nitrogens is 1. The van der Waals surface area contributed by atoms with Crippen molar-refractivity contribution in [1.82, 2.24) is 4.98 Å². The van der Waals surface area contributed by atoms with Crippen LogP contribution in [0.3, 0.4) is 0 Å². The summed E-state index contributed by atoms with van der Waals surface area (Å²) in [6.07, 6.45) is 1.97. The molecule has 1 saturated heterocycles. The molecule has 1 aliphatic heterocycles. The van der Waals surface area contributed by atoms with Crippen LogP contribution in [0.5, 0.6) is 0 Å². The first-order valence-electron chi connectivity index (χ1n) is 11.3.